The van der Waals surface area contributed by atoms with Crippen LogP contribution in [0.1, 0.15) is 23.7 Å². The molecule has 4 heteroatoms. The highest BCUT2D eigenvalue weighted by molar-refractivity contribution is 5.64. The molecular formula is C26H26N4. The number of pyridine rings is 1. The van der Waals surface area contributed by atoms with E-state index in [1.165, 1.54) is 11.4 Å². The van der Waals surface area contributed by atoms with Gasteiger partial charge in [-0.05, 0) is 30.7 Å². The first-order valence-corrected chi connectivity index (χ1v) is 10.6. The predicted octanol–water partition coefficient (Wildman–Crippen LogP) is 5.14. The molecule has 2 aromatic heterocycles. The van der Waals surface area contributed by atoms with Crippen LogP contribution in [0.25, 0.3) is 22.5 Å². The van der Waals surface area contributed by atoms with Crippen molar-refractivity contribution in [2.45, 2.75) is 18.9 Å². The van der Waals surface area contributed by atoms with Gasteiger partial charge in [-0.2, -0.15) is 0 Å². The minimum Gasteiger partial charge on any atom is -0.331 e. The quantitative estimate of drug-likeness (QED) is 0.470. The monoisotopic (exact) mass is 394 g/mol. The molecular weight excluding hydrogens is 368 g/mol. The molecule has 5 rings (SSSR count). The predicted molar refractivity (Wildman–Crippen MR) is 121 cm³/mol. The third-order valence-electron chi connectivity index (χ3n) is 6.04. The molecule has 0 N–H and O–H groups in total. The van der Waals surface area contributed by atoms with Crippen molar-refractivity contribution in [2.24, 2.45) is 7.05 Å². The maximum absolute atomic E-state index is 4.80. The van der Waals surface area contributed by atoms with Gasteiger partial charge in [0.05, 0.1) is 17.6 Å². The summed E-state index contributed by atoms with van der Waals surface area (Å²) in [5.41, 5.74) is 5.74. The van der Waals surface area contributed by atoms with E-state index in [9.17, 15) is 0 Å². The van der Waals surface area contributed by atoms with Gasteiger partial charge >= 0.3 is 0 Å². The SMILES string of the molecule is Cn1c(-c2ccc(-c3ccccc3)nc2)cnc1[C@@H]1CCN(Cc2ccccc2)C1. The summed E-state index contributed by atoms with van der Waals surface area (Å²) < 4.78 is 2.25. The Bertz CT molecular complexity index is 1100. The Balaban J connectivity index is 1.31. The standard InChI is InChI=1S/C26H26N4/c1-29-25(22-12-13-24(27-16-22)21-10-6-3-7-11-21)17-28-26(29)23-14-15-30(19-23)18-20-8-4-2-5-9-20/h2-13,16-17,23H,14-15,18-19H2,1H3/t23-/m1/s1. The molecule has 0 bridgehead atoms. The molecule has 4 nitrogen and oxygen atoms in total. The van der Waals surface area contributed by atoms with E-state index in [0.717, 1.165) is 48.6 Å². The van der Waals surface area contributed by atoms with Gasteiger partial charge in [-0.15, -0.1) is 0 Å². The molecule has 0 spiro atoms. The zero-order valence-corrected chi connectivity index (χ0v) is 17.3. The van der Waals surface area contributed by atoms with Crippen molar-refractivity contribution in [1.82, 2.24) is 19.4 Å². The van der Waals surface area contributed by atoms with Gasteiger partial charge in [-0.3, -0.25) is 9.88 Å². The van der Waals surface area contributed by atoms with Crippen LogP contribution in [0.3, 0.4) is 0 Å². The van der Waals surface area contributed by atoms with Gasteiger partial charge < -0.3 is 4.57 Å². The van der Waals surface area contributed by atoms with E-state index in [1.807, 2.05) is 30.6 Å². The van der Waals surface area contributed by atoms with Crippen molar-refractivity contribution in [2.75, 3.05) is 13.1 Å². The number of nitrogens with zero attached hydrogens (tertiary/aromatic N) is 4. The highest BCUT2D eigenvalue weighted by atomic mass is 15.2. The molecule has 0 unspecified atom stereocenters. The molecule has 0 radical (unpaired) electrons. The lowest BCUT2D eigenvalue weighted by Crippen LogP contribution is -2.20. The van der Waals surface area contributed by atoms with Crippen LogP contribution in [0, 0.1) is 0 Å². The highest BCUT2D eigenvalue weighted by Crippen LogP contribution is 2.30. The lowest BCUT2D eigenvalue weighted by Gasteiger charge is -2.16. The second-order valence-electron chi connectivity index (χ2n) is 8.07. The molecule has 1 aliphatic heterocycles. The summed E-state index contributed by atoms with van der Waals surface area (Å²) in [6.07, 6.45) is 5.11. The van der Waals surface area contributed by atoms with Gasteiger partial charge in [0.25, 0.3) is 0 Å². The summed E-state index contributed by atoms with van der Waals surface area (Å²) >= 11 is 0. The third kappa shape index (κ3) is 3.79. The number of hydrogen-bond acceptors (Lipinski definition) is 3. The van der Waals surface area contributed by atoms with Crippen molar-refractivity contribution in [3.8, 4) is 22.5 Å². The Labute approximate surface area is 177 Å². The lowest BCUT2D eigenvalue weighted by atomic mass is 10.1. The van der Waals surface area contributed by atoms with Gasteiger partial charge in [-0.1, -0.05) is 60.7 Å². The summed E-state index contributed by atoms with van der Waals surface area (Å²) in [4.78, 5) is 12.0. The number of rotatable bonds is 5. The van der Waals surface area contributed by atoms with E-state index in [-0.39, 0.29) is 0 Å². The second kappa shape index (κ2) is 8.25. The molecule has 30 heavy (non-hydrogen) atoms. The van der Waals surface area contributed by atoms with Gasteiger partial charge in [-0.25, -0.2) is 4.98 Å². The van der Waals surface area contributed by atoms with Crippen LogP contribution in [0.4, 0.5) is 0 Å². The van der Waals surface area contributed by atoms with Crippen LogP contribution in [-0.2, 0) is 13.6 Å². The number of aromatic nitrogens is 3. The Kier molecular flexibility index (Phi) is 5.16. The average molecular weight is 395 g/mol. The lowest BCUT2D eigenvalue weighted by molar-refractivity contribution is 0.325. The number of likely N-dealkylation sites (tertiary alicyclic amines) is 1. The first-order valence-electron chi connectivity index (χ1n) is 10.6. The van der Waals surface area contributed by atoms with Crippen molar-refractivity contribution in [3.05, 3.63) is 96.6 Å². The zero-order chi connectivity index (χ0) is 20.3. The number of benzene rings is 2. The molecule has 2 aromatic carbocycles. The molecule has 1 fully saturated rings. The Morgan fingerprint density at radius 2 is 1.60 bits per heavy atom. The Morgan fingerprint density at radius 1 is 0.833 bits per heavy atom. The highest BCUT2D eigenvalue weighted by Gasteiger charge is 2.27. The van der Waals surface area contributed by atoms with Crippen molar-refractivity contribution in [3.63, 3.8) is 0 Å². The van der Waals surface area contributed by atoms with E-state index in [4.69, 9.17) is 4.98 Å². The van der Waals surface area contributed by atoms with Crippen molar-refractivity contribution >= 4 is 0 Å². The van der Waals surface area contributed by atoms with E-state index in [0.29, 0.717) is 5.92 Å². The fraction of sp³-hybridized carbons (Fsp3) is 0.231. The summed E-state index contributed by atoms with van der Waals surface area (Å²) in [6.45, 7) is 3.19. The normalized spacial score (nSPS) is 16.8. The Hall–Kier alpha value is -3.24. The first kappa shape index (κ1) is 18.8. The molecule has 0 amide bonds. The average Bonchev–Trinajstić information content (AvgIpc) is 3.41. The maximum Gasteiger partial charge on any atom is 0.113 e. The second-order valence-corrected chi connectivity index (χ2v) is 8.07. The van der Waals surface area contributed by atoms with Crippen LogP contribution >= 0.6 is 0 Å². The molecule has 1 saturated heterocycles. The van der Waals surface area contributed by atoms with Gasteiger partial charge in [0, 0.05) is 43.4 Å². The van der Waals surface area contributed by atoms with Gasteiger partial charge in [0.2, 0.25) is 0 Å². The molecule has 0 saturated carbocycles. The van der Waals surface area contributed by atoms with E-state index >= 15 is 0 Å². The first-order chi connectivity index (χ1) is 14.8. The van der Waals surface area contributed by atoms with Crippen molar-refractivity contribution in [1.29, 1.82) is 0 Å². The molecule has 1 atom stereocenters. The summed E-state index contributed by atoms with van der Waals surface area (Å²) in [5, 5.41) is 0. The van der Waals surface area contributed by atoms with Gasteiger partial charge in [0.15, 0.2) is 0 Å². The Morgan fingerprint density at radius 3 is 2.33 bits per heavy atom. The maximum atomic E-state index is 4.80. The smallest absolute Gasteiger partial charge is 0.113 e. The number of imidazole rings is 1. The van der Waals surface area contributed by atoms with Crippen molar-refractivity contribution < 1.29 is 0 Å². The van der Waals surface area contributed by atoms with Crippen LogP contribution in [-0.4, -0.2) is 32.5 Å². The molecule has 150 valence electrons. The van der Waals surface area contributed by atoms with Crippen LogP contribution < -0.4 is 0 Å². The molecule has 0 aliphatic carbocycles. The fourth-order valence-corrected chi connectivity index (χ4v) is 4.43. The topological polar surface area (TPSA) is 34.0 Å². The number of hydrogen-bond donors (Lipinski definition) is 0. The molecule has 4 aromatic rings. The fourth-order valence-electron chi connectivity index (χ4n) is 4.43. The minimum absolute atomic E-state index is 0.476. The van der Waals surface area contributed by atoms with Crippen LogP contribution in [0.2, 0.25) is 0 Å². The van der Waals surface area contributed by atoms with E-state index in [1.54, 1.807) is 0 Å². The van der Waals surface area contributed by atoms with Crippen LogP contribution in [0.15, 0.2) is 85.2 Å². The van der Waals surface area contributed by atoms with Crippen LogP contribution in [0.5, 0.6) is 0 Å². The van der Waals surface area contributed by atoms with E-state index in [2.05, 4.69) is 76.1 Å². The third-order valence-corrected chi connectivity index (χ3v) is 6.04. The summed E-state index contributed by atoms with van der Waals surface area (Å²) in [7, 11) is 2.13. The molecule has 3 heterocycles. The van der Waals surface area contributed by atoms with E-state index < -0.39 is 0 Å². The largest absolute Gasteiger partial charge is 0.331 e. The molecule has 1 aliphatic rings. The summed E-state index contributed by atoms with van der Waals surface area (Å²) in [6, 6.07) is 25.2. The summed E-state index contributed by atoms with van der Waals surface area (Å²) in [5.74, 6) is 1.65. The zero-order valence-electron chi connectivity index (χ0n) is 17.3. The minimum atomic E-state index is 0.476. The van der Waals surface area contributed by atoms with Gasteiger partial charge in [0.1, 0.15) is 5.82 Å².